The Balaban J connectivity index is 1.83. The van der Waals surface area contributed by atoms with Crippen LogP contribution in [-0.2, 0) is 13.1 Å². The van der Waals surface area contributed by atoms with Gasteiger partial charge in [-0.25, -0.2) is 4.98 Å². The van der Waals surface area contributed by atoms with Crippen molar-refractivity contribution in [3.05, 3.63) is 41.7 Å². The average molecular weight is 252 g/mol. The molecule has 1 aliphatic rings. The molecule has 0 saturated heterocycles. The Morgan fingerprint density at radius 1 is 1.11 bits per heavy atom. The van der Waals surface area contributed by atoms with Gasteiger partial charge in [0, 0.05) is 13.1 Å². The molecule has 4 rings (SSSR count). The van der Waals surface area contributed by atoms with Crippen LogP contribution in [0.25, 0.3) is 11.2 Å². The Hall–Kier alpha value is -2.63. The first-order valence-electron chi connectivity index (χ1n) is 6.09. The summed E-state index contributed by atoms with van der Waals surface area (Å²) in [6.07, 6.45) is 1.62. The number of anilines is 2. The Bertz CT molecular complexity index is 738. The number of hydrogen-bond donors (Lipinski definition) is 2. The van der Waals surface area contributed by atoms with Crippen molar-refractivity contribution in [1.82, 2.24) is 19.9 Å². The summed E-state index contributed by atoms with van der Waals surface area (Å²) in [5, 5.41) is 0. The van der Waals surface area contributed by atoms with Crippen LogP contribution in [0.1, 0.15) is 11.1 Å². The van der Waals surface area contributed by atoms with Crippen LogP contribution in [-0.4, -0.2) is 19.9 Å². The van der Waals surface area contributed by atoms with Gasteiger partial charge < -0.3 is 15.6 Å². The molecule has 3 aromatic rings. The van der Waals surface area contributed by atoms with E-state index in [0.29, 0.717) is 5.65 Å². The van der Waals surface area contributed by atoms with E-state index >= 15 is 0 Å². The molecule has 0 radical (unpaired) electrons. The van der Waals surface area contributed by atoms with Crippen molar-refractivity contribution >= 4 is 22.9 Å². The molecule has 2 aromatic heterocycles. The van der Waals surface area contributed by atoms with E-state index in [2.05, 4.69) is 49.1 Å². The molecule has 0 amide bonds. The minimum absolute atomic E-state index is 0.255. The summed E-state index contributed by atoms with van der Waals surface area (Å²) in [7, 11) is 0. The number of nitrogens with two attached hydrogens (primary N) is 1. The topological polar surface area (TPSA) is 83.7 Å². The molecule has 0 saturated carbocycles. The number of aromatic nitrogens is 4. The molecule has 0 unspecified atom stereocenters. The fourth-order valence-corrected chi connectivity index (χ4v) is 2.55. The average Bonchev–Trinajstić information content (AvgIpc) is 3.03. The first-order chi connectivity index (χ1) is 9.31. The van der Waals surface area contributed by atoms with Crippen molar-refractivity contribution in [2.75, 3.05) is 10.6 Å². The zero-order valence-electron chi connectivity index (χ0n) is 10.2. The van der Waals surface area contributed by atoms with Crippen molar-refractivity contribution in [3.8, 4) is 0 Å². The van der Waals surface area contributed by atoms with Gasteiger partial charge in [-0.3, -0.25) is 0 Å². The van der Waals surface area contributed by atoms with Gasteiger partial charge >= 0.3 is 0 Å². The molecule has 0 bridgehead atoms. The van der Waals surface area contributed by atoms with E-state index in [0.717, 1.165) is 24.4 Å². The highest BCUT2D eigenvalue weighted by atomic mass is 15.2. The molecule has 0 atom stereocenters. The Kier molecular flexibility index (Phi) is 2.00. The van der Waals surface area contributed by atoms with Crippen LogP contribution < -0.4 is 10.6 Å². The lowest BCUT2D eigenvalue weighted by molar-refractivity contribution is 0.860. The molecule has 0 spiro atoms. The standard InChI is InChI=1S/C13H12N6/c14-13-17-11-10(15-7-16-11)12(18-13)19-5-8-3-1-2-4-9(8)6-19/h1-4,7H,5-6H2,(H3,14,15,16,17,18). The summed E-state index contributed by atoms with van der Waals surface area (Å²) in [6.45, 7) is 1.67. The molecule has 1 aliphatic heterocycles. The quantitative estimate of drug-likeness (QED) is 0.685. The maximum atomic E-state index is 5.75. The smallest absolute Gasteiger partial charge is 0.224 e. The second-order valence-electron chi connectivity index (χ2n) is 4.63. The van der Waals surface area contributed by atoms with Crippen LogP contribution in [0.2, 0.25) is 0 Å². The first-order valence-corrected chi connectivity index (χ1v) is 6.09. The van der Waals surface area contributed by atoms with Crippen molar-refractivity contribution in [2.24, 2.45) is 0 Å². The third kappa shape index (κ3) is 1.53. The van der Waals surface area contributed by atoms with Gasteiger partial charge in [0.05, 0.1) is 6.33 Å². The van der Waals surface area contributed by atoms with Crippen molar-refractivity contribution in [3.63, 3.8) is 0 Å². The zero-order valence-corrected chi connectivity index (χ0v) is 10.2. The number of nitrogen functional groups attached to an aromatic ring is 1. The second-order valence-corrected chi connectivity index (χ2v) is 4.63. The zero-order chi connectivity index (χ0) is 12.8. The minimum atomic E-state index is 0.255. The van der Waals surface area contributed by atoms with Crippen molar-refractivity contribution in [2.45, 2.75) is 13.1 Å². The SMILES string of the molecule is Nc1nc(N2Cc3ccccc3C2)c2[nH]cnc2n1. The van der Waals surface area contributed by atoms with Crippen LogP contribution in [0.15, 0.2) is 30.6 Å². The lowest BCUT2D eigenvalue weighted by atomic mass is 10.1. The fourth-order valence-electron chi connectivity index (χ4n) is 2.55. The maximum absolute atomic E-state index is 5.75. The van der Waals surface area contributed by atoms with Crippen molar-refractivity contribution < 1.29 is 0 Å². The molecule has 0 aliphatic carbocycles. The van der Waals surface area contributed by atoms with Gasteiger partial charge in [-0.15, -0.1) is 0 Å². The van der Waals surface area contributed by atoms with E-state index in [1.807, 2.05) is 0 Å². The largest absolute Gasteiger partial charge is 0.368 e. The number of aromatic amines is 1. The normalized spacial score (nSPS) is 14.0. The molecular weight excluding hydrogens is 240 g/mol. The monoisotopic (exact) mass is 252 g/mol. The Morgan fingerprint density at radius 2 is 1.84 bits per heavy atom. The number of nitrogens with one attached hydrogen (secondary N) is 1. The number of fused-ring (bicyclic) bond motifs is 2. The van der Waals surface area contributed by atoms with Crippen LogP contribution >= 0.6 is 0 Å². The van der Waals surface area contributed by atoms with E-state index in [1.165, 1.54) is 11.1 Å². The highest BCUT2D eigenvalue weighted by molar-refractivity contribution is 5.84. The van der Waals surface area contributed by atoms with Gasteiger partial charge in [-0.05, 0) is 11.1 Å². The maximum Gasteiger partial charge on any atom is 0.224 e. The van der Waals surface area contributed by atoms with Gasteiger partial charge in [0.2, 0.25) is 5.95 Å². The number of rotatable bonds is 1. The molecule has 6 nitrogen and oxygen atoms in total. The predicted molar refractivity (Wildman–Crippen MR) is 72.4 cm³/mol. The number of H-pyrrole nitrogens is 1. The Labute approximate surface area is 109 Å². The predicted octanol–water partition coefficient (Wildman–Crippen LogP) is 1.46. The molecule has 6 heteroatoms. The molecular formula is C13H12N6. The Morgan fingerprint density at radius 3 is 2.58 bits per heavy atom. The highest BCUT2D eigenvalue weighted by Crippen LogP contribution is 2.30. The van der Waals surface area contributed by atoms with Crippen LogP contribution in [0.4, 0.5) is 11.8 Å². The minimum Gasteiger partial charge on any atom is -0.368 e. The van der Waals surface area contributed by atoms with Gasteiger partial charge in [0.25, 0.3) is 0 Å². The van der Waals surface area contributed by atoms with Gasteiger partial charge in [-0.2, -0.15) is 9.97 Å². The fraction of sp³-hybridized carbons (Fsp3) is 0.154. The highest BCUT2D eigenvalue weighted by Gasteiger charge is 2.22. The van der Waals surface area contributed by atoms with Gasteiger partial charge in [0.1, 0.15) is 5.52 Å². The summed E-state index contributed by atoms with van der Waals surface area (Å²) < 4.78 is 0. The van der Waals surface area contributed by atoms with E-state index in [-0.39, 0.29) is 5.95 Å². The van der Waals surface area contributed by atoms with E-state index in [4.69, 9.17) is 5.73 Å². The summed E-state index contributed by atoms with van der Waals surface area (Å²) in [6, 6.07) is 8.40. The lowest BCUT2D eigenvalue weighted by Gasteiger charge is -2.16. The lowest BCUT2D eigenvalue weighted by Crippen LogP contribution is -2.17. The summed E-state index contributed by atoms with van der Waals surface area (Å²) in [5.74, 6) is 1.07. The first kappa shape index (κ1) is 10.3. The number of benzene rings is 1. The molecule has 3 heterocycles. The van der Waals surface area contributed by atoms with Crippen LogP contribution in [0.5, 0.6) is 0 Å². The number of hydrogen-bond acceptors (Lipinski definition) is 5. The third-order valence-corrected chi connectivity index (χ3v) is 3.42. The number of nitrogens with zero attached hydrogens (tertiary/aromatic N) is 4. The summed E-state index contributed by atoms with van der Waals surface area (Å²) in [5.41, 5.74) is 9.85. The molecule has 0 fully saturated rings. The van der Waals surface area contributed by atoms with E-state index < -0.39 is 0 Å². The van der Waals surface area contributed by atoms with E-state index in [9.17, 15) is 0 Å². The summed E-state index contributed by atoms with van der Waals surface area (Å²) in [4.78, 5) is 17.9. The van der Waals surface area contributed by atoms with Crippen LogP contribution in [0.3, 0.4) is 0 Å². The number of imidazole rings is 1. The van der Waals surface area contributed by atoms with Gasteiger partial charge in [0.15, 0.2) is 11.5 Å². The molecule has 19 heavy (non-hydrogen) atoms. The van der Waals surface area contributed by atoms with Gasteiger partial charge in [-0.1, -0.05) is 24.3 Å². The van der Waals surface area contributed by atoms with E-state index in [1.54, 1.807) is 6.33 Å². The third-order valence-electron chi connectivity index (χ3n) is 3.42. The molecule has 94 valence electrons. The molecule has 1 aromatic carbocycles. The molecule has 3 N–H and O–H groups in total. The van der Waals surface area contributed by atoms with Crippen molar-refractivity contribution in [1.29, 1.82) is 0 Å². The summed E-state index contributed by atoms with van der Waals surface area (Å²) >= 11 is 0. The second kappa shape index (κ2) is 3.68. The van der Waals surface area contributed by atoms with Crippen LogP contribution in [0, 0.1) is 0 Å².